The van der Waals surface area contributed by atoms with Crippen molar-refractivity contribution in [3.63, 3.8) is 0 Å². The smallest absolute Gasteiger partial charge is 0.270 e. The van der Waals surface area contributed by atoms with Crippen molar-refractivity contribution in [2.45, 2.75) is 13.5 Å². The molecular weight excluding hydrogens is 473 g/mol. The Morgan fingerprint density at radius 2 is 1.74 bits per heavy atom. The van der Waals surface area contributed by atoms with E-state index in [1.165, 1.54) is 28.8 Å². The maximum atomic E-state index is 13.1. The molecule has 3 aromatic rings. The van der Waals surface area contributed by atoms with Crippen LogP contribution in [0, 0.1) is 5.82 Å². The van der Waals surface area contributed by atoms with Gasteiger partial charge in [-0.3, -0.25) is 9.69 Å². The van der Waals surface area contributed by atoms with Crippen molar-refractivity contribution in [2.24, 2.45) is 0 Å². The van der Waals surface area contributed by atoms with E-state index in [0.717, 1.165) is 11.1 Å². The lowest BCUT2D eigenvalue weighted by molar-refractivity contribution is -0.113. The van der Waals surface area contributed by atoms with Crippen LogP contribution < -0.4 is 19.1 Å². The van der Waals surface area contributed by atoms with Crippen LogP contribution in [0.1, 0.15) is 18.1 Å². The van der Waals surface area contributed by atoms with Crippen molar-refractivity contribution < 1.29 is 23.4 Å². The zero-order chi connectivity index (χ0) is 24.1. The second-order valence-electron chi connectivity index (χ2n) is 7.27. The number of carbonyl (C=O) groups excluding carboxylic acids is 1. The summed E-state index contributed by atoms with van der Waals surface area (Å²) >= 11 is 6.71. The van der Waals surface area contributed by atoms with E-state index < -0.39 is 0 Å². The molecule has 1 amide bonds. The number of thiocarbonyl (C=S) groups is 1. The van der Waals surface area contributed by atoms with Gasteiger partial charge in [-0.15, -0.1) is 0 Å². The maximum absolute atomic E-state index is 13.1. The molecule has 1 fully saturated rings. The summed E-state index contributed by atoms with van der Waals surface area (Å²) in [5, 5.41) is 0. The van der Waals surface area contributed by atoms with Crippen LogP contribution in [-0.4, -0.2) is 23.9 Å². The molecule has 1 saturated heterocycles. The highest BCUT2D eigenvalue weighted by molar-refractivity contribution is 8.27. The number of halogens is 1. The highest BCUT2D eigenvalue weighted by Crippen LogP contribution is 2.37. The SMILES string of the molecule is CCOc1cc(/C=C2/SC(=S)N(c3ccc(OC)cc3)C2=O)ccc1OCc1ccc(F)cc1. The molecule has 0 N–H and O–H groups in total. The third-order valence-electron chi connectivity index (χ3n) is 5.00. The van der Waals surface area contributed by atoms with E-state index in [1.54, 1.807) is 55.7 Å². The normalized spacial score (nSPS) is 14.6. The molecule has 1 aliphatic rings. The highest BCUT2D eigenvalue weighted by Gasteiger charge is 2.33. The van der Waals surface area contributed by atoms with Crippen molar-refractivity contribution in [1.29, 1.82) is 0 Å². The van der Waals surface area contributed by atoms with Gasteiger partial charge in [0.1, 0.15) is 18.2 Å². The van der Waals surface area contributed by atoms with E-state index in [2.05, 4.69) is 0 Å². The van der Waals surface area contributed by atoms with E-state index >= 15 is 0 Å². The van der Waals surface area contributed by atoms with Crippen LogP contribution in [0.25, 0.3) is 6.08 Å². The summed E-state index contributed by atoms with van der Waals surface area (Å²) < 4.78 is 30.4. The molecule has 5 nitrogen and oxygen atoms in total. The average Bonchev–Trinajstić information content (AvgIpc) is 3.12. The predicted octanol–water partition coefficient (Wildman–Crippen LogP) is 6.22. The Morgan fingerprint density at radius 1 is 1.00 bits per heavy atom. The van der Waals surface area contributed by atoms with Crippen LogP contribution in [0.4, 0.5) is 10.1 Å². The van der Waals surface area contributed by atoms with Gasteiger partial charge in [-0.05, 0) is 72.7 Å². The van der Waals surface area contributed by atoms with Crippen molar-refractivity contribution in [3.05, 3.63) is 88.6 Å². The second kappa shape index (κ2) is 10.7. The van der Waals surface area contributed by atoms with Gasteiger partial charge in [-0.25, -0.2) is 4.39 Å². The molecule has 1 aliphatic heterocycles. The van der Waals surface area contributed by atoms with Crippen LogP contribution >= 0.6 is 24.0 Å². The minimum atomic E-state index is -0.291. The lowest BCUT2D eigenvalue weighted by Crippen LogP contribution is -2.27. The fourth-order valence-electron chi connectivity index (χ4n) is 3.32. The Bertz CT molecular complexity index is 1230. The van der Waals surface area contributed by atoms with Crippen LogP contribution in [0.5, 0.6) is 17.2 Å². The summed E-state index contributed by atoms with van der Waals surface area (Å²) in [5.41, 5.74) is 2.31. The first-order valence-electron chi connectivity index (χ1n) is 10.5. The number of methoxy groups -OCH3 is 1. The van der Waals surface area contributed by atoms with Crippen LogP contribution in [0.2, 0.25) is 0 Å². The molecule has 0 aromatic heterocycles. The third-order valence-corrected chi connectivity index (χ3v) is 6.30. The molecule has 3 aromatic carbocycles. The number of hydrogen-bond acceptors (Lipinski definition) is 6. The molecule has 34 heavy (non-hydrogen) atoms. The number of amides is 1. The number of carbonyl (C=O) groups is 1. The summed E-state index contributed by atoms with van der Waals surface area (Å²) in [6, 6.07) is 18.8. The third kappa shape index (κ3) is 5.40. The van der Waals surface area contributed by atoms with Gasteiger partial charge in [0.25, 0.3) is 5.91 Å². The lowest BCUT2D eigenvalue weighted by atomic mass is 10.1. The maximum Gasteiger partial charge on any atom is 0.270 e. The average molecular weight is 496 g/mol. The van der Waals surface area contributed by atoms with Gasteiger partial charge in [-0.1, -0.05) is 42.2 Å². The van der Waals surface area contributed by atoms with Crippen LogP contribution in [-0.2, 0) is 11.4 Å². The number of benzene rings is 3. The van der Waals surface area contributed by atoms with Gasteiger partial charge < -0.3 is 14.2 Å². The quantitative estimate of drug-likeness (QED) is 0.273. The molecule has 0 radical (unpaired) electrons. The van der Waals surface area contributed by atoms with Crippen molar-refractivity contribution in [2.75, 3.05) is 18.6 Å². The number of rotatable bonds is 8. The predicted molar refractivity (Wildman–Crippen MR) is 137 cm³/mol. The first-order chi connectivity index (χ1) is 16.5. The Balaban J connectivity index is 1.53. The molecule has 0 spiro atoms. The molecular formula is C26H22FNO4S2. The molecule has 0 saturated carbocycles. The van der Waals surface area contributed by atoms with E-state index in [-0.39, 0.29) is 18.3 Å². The highest BCUT2D eigenvalue weighted by atomic mass is 32.2. The largest absolute Gasteiger partial charge is 0.497 e. The summed E-state index contributed by atoms with van der Waals surface area (Å²) in [7, 11) is 1.59. The van der Waals surface area contributed by atoms with E-state index in [9.17, 15) is 9.18 Å². The monoisotopic (exact) mass is 495 g/mol. The number of thioether (sulfide) groups is 1. The van der Waals surface area contributed by atoms with Gasteiger partial charge in [0.05, 0.1) is 24.3 Å². The van der Waals surface area contributed by atoms with Gasteiger partial charge >= 0.3 is 0 Å². The molecule has 0 unspecified atom stereocenters. The Hall–Kier alpha value is -3.36. The molecule has 4 rings (SSSR count). The zero-order valence-corrected chi connectivity index (χ0v) is 20.3. The topological polar surface area (TPSA) is 48.0 Å². The first-order valence-corrected chi connectivity index (χ1v) is 11.8. The molecule has 0 bridgehead atoms. The van der Waals surface area contributed by atoms with E-state index in [0.29, 0.717) is 38.8 Å². The number of ether oxygens (including phenoxy) is 3. The van der Waals surface area contributed by atoms with Gasteiger partial charge in [0.2, 0.25) is 0 Å². The zero-order valence-electron chi connectivity index (χ0n) is 18.6. The van der Waals surface area contributed by atoms with E-state index in [4.69, 9.17) is 26.4 Å². The molecule has 1 heterocycles. The molecule has 174 valence electrons. The minimum Gasteiger partial charge on any atom is -0.497 e. The van der Waals surface area contributed by atoms with Gasteiger partial charge in [0, 0.05) is 0 Å². The standard InChI is InChI=1S/C26H22FNO4S2/c1-3-31-23-14-18(6-13-22(23)32-16-17-4-7-19(27)8-5-17)15-24-25(29)28(26(33)34-24)20-9-11-21(30-2)12-10-20/h4-15H,3,16H2,1-2H3/b24-15+. The van der Waals surface area contributed by atoms with Crippen molar-refractivity contribution in [1.82, 2.24) is 0 Å². The van der Waals surface area contributed by atoms with Gasteiger partial charge in [0.15, 0.2) is 15.8 Å². The van der Waals surface area contributed by atoms with Crippen molar-refractivity contribution >= 4 is 46.0 Å². The van der Waals surface area contributed by atoms with Crippen LogP contribution in [0.3, 0.4) is 0 Å². The number of nitrogens with zero attached hydrogens (tertiary/aromatic N) is 1. The summed E-state index contributed by atoms with van der Waals surface area (Å²) in [4.78, 5) is 15.1. The molecule has 8 heteroatoms. The second-order valence-corrected chi connectivity index (χ2v) is 8.95. The molecule has 0 atom stereocenters. The summed E-state index contributed by atoms with van der Waals surface area (Å²) in [6.45, 7) is 2.62. The summed E-state index contributed by atoms with van der Waals surface area (Å²) in [5.74, 6) is 1.35. The fraction of sp³-hybridized carbons (Fsp3) is 0.154. The van der Waals surface area contributed by atoms with E-state index in [1.807, 2.05) is 19.1 Å². The number of hydrogen-bond donors (Lipinski definition) is 0. The number of anilines is 1. The fourth-order valence-corrected chi connectivity index (χ4v) is 4.62. The van der Waals surface area contributed by atoms with Crippen molar-refractivity contribution in [3.8, 4) is 17.2 Å². The van der Waals surface area contributed by atoms with Crippen LogP contribution in [0.15, 0.2) is 71.6 Å². The Kier molecular flexibility index (Phi) is 7.49. The summed E-state index contributed by atoms with van der Waals surface area (Å²) in [6.07, 6.45) is 1.79. The Labute approximate surface area is 207 Å². The minimum absolute atomic E-state index is 0.185. The molecule has 0 aliphatic carbocycles. The lowest BCUT2D eigenvalue weighted by Gasteiger charge is -2.15. The van der Waals surface area contributed by atoms with Gasteiger partial charge in [-0.2, -0.15) is 0 Å². The first kappa shape index (κ1) is 23.8. The Morgan fingerprint density at radius 3 is 2.41 bits per heavy atom.